The zero-order valence-corrected chi connectivity index (χ0v) is 11.2. The predicted octanol–water partition coefficient (Wildman–Crippen LogP) is 3.49. The van der Waals surface area contributed by atoms with Crippen LogP contribution in [0.2, 0.25) is 0 Å². The minimum atomic E-state index is 0.138. The van der Waals surface area contributed by atoms with Gasteiger partial charge in [-0.15, -0.1) is 0 Å². The van der Waals surface area contributed by atoms with E-state index in [-0.39, 0.29) is 5.91 Å². The molecule has 1 aliphatic rings. The first-order chi connectivity index (χ1) is 8.68. The number of piperidine rings is 1. The van der Waals surface area contributed by atoms with Crippen molar-refractivity contribution in [2.45, 2.75) is 45.2 Å². The topological polar surface area (TPSA) is 20.3 Å². The Labute approximate surface area is 109 Å². The van der Waals surface area contributed by atoms with Crippen molar-refractivity contribution in [3.8, 4) is 0 Å². The molecular weight excluding hydrogens is 222 g/mol. The monoisotopic (exact) mass is 243 g/mol. The van der Waals surface area contributed by atoms with Gasteiger partial charge in [-0.05, 0) is 44.7 Å². The first-order valence-corrected chi connectivity index (χ1v) is 6.74. The summed E-state index contributed by atoms with van der Waals surface area (Å²) in [4.78, 5) is 14.2. The normalized spacial score (nSPS) is 24.4. The summed E-state index contributed by atoms with van der Waals surface area (Å²) >= 11 is 0. The summed E-state index contributed by atoms with van der Waals surface area (Å²) in [6, 6.07) is 10.7. The van der Waals surface area contributed by atoms with Crippen LogP contribution >= 0.6 is 0 Å². The molecule has 1 aromatic carbocycles. The third-order valence-corrected chi connectivity index (χ3v) is 3.67. The SMILES string of the molecule is C[C@@H]1CCC[C@@H](C)N1C(=O)/C=C/c1ccccc1. The van der Waals surface area contributed by atoms with E-state index in [1.54, 1.807) is 6.08 Å². The predicted molar refractivity (Wildman–Crippen MR) is 75.1 cm³/mol. The van der Waals surface area contributed by atoms with Gasteiger partial charge >= 0.3 is 0 Å². The molecule has 1 aliphatic heterocycles. The second-order valence-corrected chi connectivity index (χ2v) is 5.12. The Morgan fingerprint density at radius 3 is 2.39 bits per heavy atom. The maximum Gasteiger partial charge on any atom is 0.247 e. The standard InChI is InChI=1S/C16H21NO/c1-13-7-6-8-14(2)17(13)16(18)12-11-15-9-4-3-5-10-15/h3-5,9-14H,6-8H2,1-2H3/b12-11+/t13-,14-/m1/s1. The molecule has 0 bridgehead atoms. The second kappa shape index (κ2) is 5.85. The lowest BCUT2D eigenvalue weighted by molar-refractivity contribution is -0.131. The molecular formula is C16H21NO. The number of amides is 1. The van der Waals surface area contributed by atoms with Crippen LogP contribution in [0.3, 0.4) is 0 Å². The van der Waals surface area contributed by atoms with E-state index in [1.165, 1.54) is 6.42 Å². The van der Waals surface area contributed by atoms with Gasteiger partial charge in [-0.25, -0.2) is 0 Å². The van der Waals surface area contributed by atoms with Gasteiger partial charge < -0.3 is 4.90 Å². The van der Waals surface area contributed by atoms with Crippen LogP contribution in [0.4, 0.5) is 0 Å². The summed E-state index contributed by atoms with van der Waals surface area (Å²) in [5.74, 6) is 0.138. The molecule has 2 atom stereocenters. The number of carbonyl (C=O) groups is 1. The fourth-order valence-corrected chi connectivity index (χ4v) is 2.67. The highest BCUT2D eigenvalue weighted by Gasteiger charge is 2.27. The van der Waals surface area contributed by atoms with Gasteiger partial charge in [0.05, 0.1) is 0 Å². The maximum atomic E-state index is 12.2. The van der Waals surface area contributed by atoms with Gasteiger partial charge in [-0.1, -0.05) is 30.3 Å². The molecule has 0 radical (unpaired) electrons. The van der Waals surface area contributed by atoms with E-state index >= 15 is 0 Å². The van der Waals surface area contributed by atoms with Crippen molar-refractivity contribution >= 4 is 12.0 Å². The van der Waals surface area contributed by atoms with Crippen molar-refractivity contribution in [2.75, 3.05) is 0 Å². The molecule has 18 heavy (non-hydrogen) atoms. The zero-order valence-electron chi connectivity index (χ0n) is 11.2. The lowest BCUT2D eigenvalue weighted by Crippen LogP contribution is -2.46. The highest BCUT2D eigenvalue weighted by Crippen LogP contribution is 2.22. The van der Waals surface area contributed by atoms with Gasteiger partial charge in [0.1, 0.15) is 0 Å². The summed E-state index contributed by atoms with van der Waals surface area (Å²) in [5, 5.41) is 0. The van der Waals surface area contributed by atoms with E-state index in [0.29, 0.717) is 12.1 Å². The lowest BCUT2D eigenvalue weighted by atomic mass is 9.97. The Hall–Kier alpha value is -1.57. The third kappa shape index (κ3) is 3.00. The van der Waals surface area contributed by atoms with Gasteiger partial charge in [-0.2, -0.15) is 0 Å². The van der Waals surface area contributed by atoms with Crippen molar-refractivity contribution in [1.29, 1.82) is 0 Å². The molecule has 0 spiro atoms. The summed E-state index contributed by atoms with van der Waals surface area (Å²) in [6.07, 6.45) is 7.07. The summed E-state index contributed by atoms with van der Waals surface area (Å²) in [7, 11) is 0. The molecule has 2 rings (SSSR count). The van der Waals surface area contributed by atoms with E-state index in [2.05, 4.69) is 13.8 Å². The molecule has 1 fully saturated rings. The molecule has 0 unspecified atom stereocenters. The zero-order chi connectivity index (χ0) is 13.0. The molecule has 0 aromatic heterocycles. The summed E-state index contributed by atoms with van der Waals surface area (Å²) in [6.45, 7) is 4.29. The van der Waals surface area contributed by atoms with Gasteiger partial charge in [0.25, 0.3) is 0 Å². The van der Waals surface area contributed by atoms with E-state index < -0.39 is 0 Å². The van der Waals surface area contributed by atoms with Crippen LogP contribution in [0, 0.1) is 0 Å². The first kappa shape index (κ1) is 12.9. The van der Waals surface area contributed by atoms with Crippen molar-refractivity contribution in [3.05, 3.63) is 42.0 Å². The number of nitrogens with zero attached hydrogens (tertiary/aromatic N) is 1. The first-order valence-electron chi connectivity index (χ1n) is 6.74. The van der Waals surface area contributed by atoms with Crippen LogP contribution in [0.5, 0.6) is 0 Å². The number of likely N-dealkylation sites (tertiary alicyclic amines) is 1. The lowest BCUT2D eigenvalue weighted by Gasteiger charge is -2.38. The van der Waals surface area contributed by atoms with E-state index in [4.69, 9.17) is 0 Å². The Morgan fingerprint density at radius 1 is 1.17 bits per heavy atom. The van der Waals surface area contributed by atoms with E-state index in [1.807, 2.05) is 41.3 Å². The maximum absolute atomic E-state index is 12.2. The smallest absolute Gasteiger partial charge is 0.247 e. The quantitative estimate of drug-likeness (QED) is 0.728. The van der Waals surface area contributed by atoms with Gasteiger partial charge in [0, 0.05) is 18.2 Å². The average Bonchev–Trinajstić information content (AvgIpc) is 2.37. The molecule has 1 saturated heterocycles. The molecule has 0 aliphatic carbocycles. The van der Waals surface area contributed by atoms with Crippen LogP contribution in [0.25, 0.3) is 6.08 Å². The molecule has 0 saturated carbocycles. The van der Waals surface area contributed by atoms with Crippen LogP contribution in [-0.2, 0) is 4.79 Å². The van der Waals surface area contributed by atoms with Crippen LogP contribution in [-0.4, -0.2) is 22.9 Å². The number of hydrogen-bond donors (Lipinski definition) is 0. The molecule has 0 N–H and O–H groups in total. The summed E-state index contributed by atoms with van der Waals surface area (Å²) < 4.78 is 0. The molecule has 2 heteroatoms. The second-order valence-electron chi connectivity index (χ2n) is 5.12. The van der Waals surface area contributed by atoms with Crippen molar-refractivity contribution in [3.63, 3.8) is 0 Å². The van der Waals surface area contributed by atoms with Crippen molar-refractivity contribution in [2.24, 2.45) is 0 Å². The van der Waals surface area contributed by atoms with Crippen LogP contribution < -0.4 is 0 Å². The highest BCUT2D eigenvalue weighted by atomic mass is 16.2. The van der Waals surface area contributed by atoms with Gasteiger partial charge in [-0.3, -0.25) is 4.79 Å². The minimum Gasteiger partial charge on any atom is -0.334 e. The summed E-state index contributed by atoms with van der Waals surface area (Å²) in [5.41, 5.74) is 1.07. The number of hydrogen-bond acceptors (Lipinski definition) is 1. The third-order valence-electron chi connectivity index (χ3n) is 3.67. The van der Waals surface area contributed by atoms with Crippen molar-refractivity contribution < 1.29 is 4.79 Å². The Bertz CT molecular complexity index is 414. The largest absolute Gasteiger partial charge is 0.334 e. The average molecular weight is 243 g/mol. The number of carbonyl (C=O) groups excluding carboxylic acids is 1. The Morgan fingerprint density at radius 2 is 1.78 bits per heavy atom. The van der Waals surface area contributed by atoms with Crippen LogP contribution in [0.1, 0.15) is 38.7 Å². The van der Waals surface area contributed by atoms with Crippen LogP contribution in [0.15, 0.2) is 36.4 Å². The molecule has 1 amide bonds. The minimum absolute atomic E-state index is 0.138. The fourth-order valence-electron chi connectivity index (χ4n) is 2.67. The molecule has 1 heterocycles. The Kier molecular flexibility index (Phi) is 4.19. The molecule has 96 valence electrons. The van der Waals surface area contributed by atoms with E-state index in [0.717, 1.165) is 18.4 Å². The highest BCUT2D eigenvalue weighted by molar-refractivity contribution is 5.92. The molecule has 2 nitrogen and oxygen atoms in total. The van der Waals surface area contributed by atoms with E-state index in [9.17, 15) is 4.79 Å². The van der Waals surface area contributed by atoms with Gasteiger partial charge in [0.2, 0.25) is 5.91 Å². The van der Waals surface area contributed by atoms with Crippen molar-refractivity contribution in [1.82, 2.24) is 4.90 Å². The number of rotatable bonds is 2. The van der Waals surface area contributed by atoms with Gasteiger partial charge in [0.15, 0.2) is 0 Å². The Balaban J connectivity index is 2.05. The number of benzene rings is 1. The fraction of sp³-hybridized carbons (Fsp3) is 0.438. The molecule has 1 aromatic rings.